The largest absolute Gasteiger partial charge is 0.346 e. The van der Waals surface area contributed by atoms with Crippen LogP contribution in [0.5, 0.6) is 0 Å². The molecule has 1 amide bonds. The first-order valence-corrected chi connectivity index (χ1v) is 9.04. The molecule has 0 bridgehead atoms. The van der Waals surface area contributed by atoms with E-state index < -0.39 is 0 Å². The molecular formula is C21H25N3O2. The maximum absolute atomic E-state index is 12.7. The van der Waals surface area contributed by atoms with E-state index in [0.29, 0.717) is 18.4 Å². The Kier molecular flexibility index (Phi) is 5.35. The number of nitrogens with one attached hydrogen (secondary N) is 1. The van der Waals surface area contributed by atoms with Gasteiger partial charge in [0.25, 0.3) is 0 Å². The quantitative estimate of drug-likeness (QED) is 0.867. The molecule has 2 aromatic rings. The molecule has 26 heavy (non-hydrogen) atoms. The van der Waals surface area contributed by atoms with Crippen molar-refractivity contribution in [3.05, 3.63) is 59.7 Å². The van der Waals surface area contributed by atoms with Crippen molar-refractivity contribution in [1.82, 2.24) is 14.9 Å². The van der Waals surface area contributed by atoms with Gasteiger partial charge in [0.1, 0.15) is 5.82 Å². The lowest BCUT2D eigenvalue weighted by atomic mass is 9.99. The van der Waals surface area contributed by atoms with Gasteiger partial charge in [-0.2, -0.15) is 0 Å². The molecule has 0 fully saturated rings. The minimum Gasteiger partial charge on any atom is -0.346 e. The lowest BCUT2D eigenvalue weighted by Gasteiger charge is -2.22. The normalized spacial score (nSPS) is 15.6. The van der Waals surface area contributed by atoms with Crippen LogP contribution in [0, 0.1) is 5.92 Å². The topological polar surface area (TPSA) is 64.0 Å². The van der Waals surface area contributed by atoms with Gasteiger partial charge in [-0.05, 0) is 23.5 Å². The summed E-state index contributed by atoms with van der Waals surface area (Å²) in [5.74, 6) is 0.965. The van der Waals surface area contributed by atoms with Crippen LogP contribution in [0.15, 0.2) is 48.3 Å². The second-order valence-electron chi connectivity index (χ2n) is 7.11. The Bertz CT molecular complexity index is 834. The van der Waals surface area contributed by atoms with Gasteiger partial charge in [-0.3, -0.25) is 9.59 Å². The van der Waals surface area contributed by atoms with Gasteiger partial charge in [-0.25, -0.2) is 4.98 Å². The van der Waals surface area contributed by atoms with Crippen molar-refractivity contribution in [3.63, 3.8) is 0 Å². The van der Waals surface area contributed by atoms with E-state index in [1.54, 1.807) is 6.20 Å². The van der Waals surface area contributed by atoms with Crippen LogP contribution in [-0.2, 0) is 16.6 Å². The van der Waals surface area contributed by atoms with Crippen LogP contribution in [0.3, 0.4) is 0 Å². The molecule has 1 N–H and O–H groups in total. The highest BCUT2D eigenvalue weighted by Gasteiger charge is 2.28. The summed E-state index contributed by atoms with van der Waals surface area (Å²) in [4.78, 5) is 29.4. The molecule has 5 nitrogen and oxygen atoms in total. The predicted molar refractivity (Wildman–Crippen MR) is 101 cm³/mol. The first kappa shape index (κ1) is 18.1. The number of nitrogens with zero attached hydrogens (tertiary/aromatic N) is 2. The highest BCUT2D eigenvalue weighted by Crippen LogP contribution is 2.33. The highest BCUT2D eigenvalue weighted by molar-refractivity contribution is 6.10. The van der Waals surface area contributed by atoms with E-state index in [1.807, 2.05) is 48.1 Å². The van der Waals surface area contributed by atoms with Crippen molar-refractivity contribution in [2.24, 2.45) is 13.0 Å². The molecule has 1 aromatic carbocycles. The lowest BCUT2D eigenvalue weighted by molar-refractivity contribution is -0.123. The molecule has 1 aliphatic carbocycles. The summed E-state index contributed by atoms with van der Waals surface area (Å²) in [6.45, 7) is 4.10. The van der Waals surface area contributed by atoms with Gasteiger partial charge in [-0.15, -0.1) is 0 Å². The predicted octanol–water partition coefficient (Wildman–Crippen LogP) is 3.44. The number of hydrogen-bond donors (Lipinski definition) is 1. The zero-order valence-corrected chi connectivity index (χ0v) is 15.5. The smallest absolute Gasteiger partial charge is 0.225 e. The van der Waals surface area contributed by atoms with Crippen molar-refractivity contribution in [2.45, 2.75) is 39.2 Å². The fraction of sp³-hybridized carbons (Fsp3) is 0.381. The maximum atomic E-state index is 12.7. The summed E-state index contributed by atoms with van der Waals surface area (Å²) in [5.41, 5.74) is 2.69. The molecule has 3 rings (SSSR count). The summed E-state index contributed by atoms with van der Waals surface area (Å²) in [6.07, 6.45) is 4.91. The van der Waals surface area contributed by atoms with E-state index in [2.05, 4.69) is 24.1 Å². The van der Waals surface area contributed by atoms with Crippen LogP contribution >= 0.6 is 0 Å². The molecule has 0 aliphatic heterocycles. The zero-order chi connectivity index (χ0) is 18.7. The highest BCUT2D eigenvalue weighted by atomic mass is 16.2. The van der Waals surface area contributed by atoms with Crippen molar-refractivity contribution in [1.29, 1.82) is 0 Å². The third kappa shape index (κ3) is 3.77. The van der Waals surface area contributed by atoms with Gasteiger partial charge in [0.05, 0.1) is 12.5 Å². The molecule has 0 radical (unpaired) electrons. The molecule has 0 unspecified atom stereocenters. The van der Waals surface area contributed by atoms with E-state index in [0.717, 1.165) is 17.0 Å². The molecular weight excluding hydrogens is 326 g/mol. The molecule has 5 heteroatoms. The molecule has 136 valence electrons. The van der Waals surface area contributed by atoms with Crippen LogP contribution in [0.4, 0.5) is 0 Å². The number of imidazole rings is 1. The third-order valence-corrected chi connectivity index (χ3v) is 4.88. The minimum atomic E-state index is -0.181. The van der Waals surface area contributed by atoms with Crippen molar-refractivity contribution in [3.8, 4) is 0 Å². The van der Waals surface area contributed by atoms with E-state index >= 15 is 0 Å². The maximum Gasteiger partial charge on any atom is 0.225 e. The number of Topliss-reactive ketones (excluding diaryl/α,β-unsaturated/α-hetero) is 1. The van der Waals surface area contributed by atoms with E-state index in [1.165, 1.54) is 0 Å². The number of amides is 1. The minimum absolute atomic E-state index is 0.0806. The fourth-order valence-electron chi connectivity index (χ4n) is 3.46. The Morgan fingerprint density at radius 1 is 1.23 bits per heavy atom. The Labute approximate surface area is 154 Å². The van der Waals surface area contributed by atoms with Gasteiger partial charge in [-0.1, -0.05) is 44.2 Å². The Morgan fingerprint density at radius 2 is 1.96 bits per heavy atom. The summed E-state index contributed by atoms with van der Waals surface area (Å²) in [6, 6.07) is 9.68. The molecule has 1 aromatic heterocycles. The molecule has 0 saturated carbocycles. The zero-order valence-electron chi connectivity index (χ0n) is 15.5. The Balaban J connectivity index is 1.79. The lowest BCUT2D eigenvalue weighted by Crippen LogP contribution is -2.33. The summed E-state index contributed by atoms with van der Waals surface area (Å²) < 4.78 is 1.92. The van der Waals surface area contributed by atoms with Crippen molar-refractivity contribution < 1.29 is 9.59 Å². The van der Waals surface area contributed by atoms with Crippen LogP contribution < -0.4 is 5.32 Å². The van der Waals surface area contributed by atoms with Crippen LogP contribution in [0.25, 0.3) is 5.57 Å². The number of rotatable bonds is 6. The molecule has 1 aliphatic rings. The van der Waals surface area contributed by atoms with Gasteiger partial charge in [0.15, 0.2) is 5.78 Å². The molecule has 1 heterocycles. The van der Waals surface area contributed by atoms with Crippen molar-refractivity contribution >= 4 is 17.3 Å². The monoisotopic (exact) mass is 351 g/mol. The second-order valence-corrected chi connectivity index (χ2v) is 7.11. The first-order valence-electron chi connectivity index (χ1n) is 9.04. The average molecular weight is 351 g/mol. The second kappa shape index (κ2) is 7.68. The number of ketones is 1. The number of allylic oxidation sites excluding steroid dienone is 1. The third-order valence-electron chi connectivity index (χ3n) is 4.88. The SMILES string of the molecule is CC(C)[C@H](NC(=O)CC1=C(c2ccccc2)CCC1=O)c1nccn1C. The van der Waals surface area contributed by atoms with Gasteiger partial charge in [0.2, 0.25) is 5.91 Å². The van der Waals surface area contributed by atoms with Gasteiger partial charge < -0.3 is 9.88 Å². The first-order chi connectivity index (χ1) is 12.5. The Morgan fingerprint density at radius 3 is 2.58 bits per heavy atom. The number of aromatic nitrogens is 2. The number of aryl methyl sites for hydroxylation is 1. The molecule has 1 atom stereocenters. The van der Waals surface area contributed by atoms with Crippen LogP contribution in [0.1, 0.15) is 50.5 Å². The summed E-state index contributed by atoms with van der Waals surface area (Å²) in [5, 5.41) is 3.07. The standard InChI is InChI=1S/C21H25N3O2/c1-14(2)20(21-22-11-12-24(21)3)23-19(26)13-17-16(9-10-18(17)25)15-7-5-4-6-8-15/h4-8,11-12,14,20H,9-10,13H2,1-3H3,(H,23,26)/t20-/m0/s1. The molecule has 0 spiro atoms. The van der Waals surface area contributed by atoms with E-state index in [9.17, 15) is 9.59 Å². The van der Waals surface area contributed by atoms with Crippen LogP contribution in [0.2, 0.25) is 0 Å². The number of benzene rings is 1. The van der Waals surface area contributed by atoms with E-state index in [4.69, 9.17) is 0 Å². The summed E-state index contributed by atoms with van der Waals surface area (Å²) in [7, 11) is 1.92. The number of carbonyl (C=O) groups is 2. The van der Waals surface area contributed by atoms with E-state index in [-0.39, 0.29) is 30.1 Å². The van der Waals surface area contributed by atoms with Crippen molar-refractivity contribution in [2.75, 3.05) is 0 Å². The average Bonchev–Trinajstić information content (AvgIpc) is 3.20. The number of hydrogen-bond acceptors (Lipinski definition) is 3. The number of carbonyl (C=O) groups excluding carboxylic acids is 2. The Hall–Kier alpha value is -2.69. The van der Waals surface area contributed by atoms with Gasteiger partial charge >= 0.3 is 0 Å². The van der Waals surface area contributed by atoms with Gasteiger partial charge in [0, 0.05) is 31.4 Å². The van der Waals surface area contributed by atoms with Crippen LogP contribution in [-0.4, -0.2) is 21.2 Å². The summed E-state index contributed by atoms with van der Waals surface area (Å²) >= 11 is 0. The molecule has 0 saturated heterocycles. The fourth-order valence-corrected chi connectivity index (χ4v) is 3.46.